The summed E-state index contributed by atoms with van der Waals surface area (Å²) in [6, 6.07) is 0. The van der Waals surface area contributed by atoms with E-state index in [1.807, 2.05) is 0 Å². The molecule has 0 bridgehead atoms. The third kappa shape index (κ3) is 5.01. The summed E-state index contributed by atoms with van der Waals surface area (Å²) in [5.41, 5.74) is 4.63. The molecule has 6 heteroatoms. The van der Waals surface area contributed by atoms with Crippen LogP contribution in [-0.2, 0) is 4.79 Å². The molecule has 0 saturated carbocycles. The molecule has 0 aromatic carbocycles. The van der Waals surface area contributed by atoms with Crippen LogP contribution in [0.4, 0.5) is 13.2 Å². The van der Waals surface area contributed by atoms with Gasteiger partial charge in [0.1, 0.15) is 6.42 Å². The average Bonchev–Trinajstić information content (AvgIpc) is 1.99. The summed E-state index contributed by atoms with van der Waals surface area (Å²) < 4.78 is 35.7. The molecule has 0 aliphatic carbocycles. The van der Waals surface area contributed by atoms with Gasteiger partial charge in [0.25, 0.3) is 0 Å². The van der Waals surface area contributed by atoms with Crippen molar-refractivity contribution in [2.45, 2.75) is 38.9 Å². The minimum atomic E-state index is -4.48. The number of alkyl halides is 3. The lowest BCUT2D eigenvalue weighted by Crippen LogP contribution is -2.55. The number of carbonyl (C=O) groups excluding carboxylic acids is 1. The normalized spacial score (nSPS) is 16.3. The number of amides is 1. The van der Waals surface area contributed by atoms with Gasteiger partial charge >= 0.3 is 6.18 Å². The predicted molar refractivity (Wildman–Crippen MR) is 51.1 cm³/mol. The Labute approximate surface area is 87.2 Å². The Balaban J connectivity index is 4.39. The van der Waals surface area contributed by atoms with Crippen molar-refractivity contribution in [3.63, 3.8) is 0 Å². The van der Waals surface area contributed by atoms with E-state index in [0.29, 0.717) is 0 Å². The summed E-state index contributed by atoms with van der Waals surface area (Å²) in [4.78, 5) is 11.1. The van der Waals surface area contributed by atoms with E-state index >= 15 is 0 Å². The molecule has 0 aliphatic rings. The van der Waals surface area contributed by atoms with Crippen LogP contribution in [0.25, 0.3) is 0 Å². The van der Waals surface area contributed by atoms with Gasteiger partial charge in [0.2, 0.25) is 5.91 Å². The van der Waals surface area contributed by atoms with Crippen molar-refractivity contribution in [2.24, 2.45) is 11.7 Å². The van der Waals surface area contributed by atoms with Gasteiger partial charge in [-0.1, -0.05) is 13.8 Å². The fourth-order valence-electron chi connectivity index (χ4n) is 0.976. The first-order chi connectivity index (χ1) is 6.60. The maximum atomic E-state index is 11.9. The number of nitrogens with two attached hydrogens (primary N) is 1. The van der Waals surface area contributed by atoms with E-state index in [1.165, 1.54) is 0 Å². The highest BCUT2D eigenvalue weighted by molar-refractivity contribution is 5.77. The van der Waals surface area contributed by atoms with Crippen LogP contribution in [0.15, 0.2) is 0 Å². The standard InChI is InChI=1S/C9H17F3N2O/c1-6(2)8(3,5-13)14-7(15)4-9(10,11)12/h6H,4-5,13H2,1-3H3,(H,14,15). The van der Waals surface area contributed by atoms with Crippen molar-refractivity contribution in [3.8, 4) is 0 Å². The van der Waals surface area contributed by atoms with Crippen molar-refractivity contribution in [3.05, 3.63) is 0 Å². The maximum absolute atomic E-state index is 11.9. The summed E-state index contributed by atoms with van der Waals surface area (Å²) in [6.07, 6.45) is -5.94. The zero-order chi connectivity index (χ0) is 12.3. The SMILES string of the molecule is CC(C)C(C)(CN)NC(=O)CC(F)(F)F. The lowest BCUT2D eigenvalue weighted by Gasteiger charge is -2.33. The molecule has 1 amide bonds. The van der Waals surface area contributed by atoms with Crippen molar-refractivity contribution < 1.29 is 18.0 Å². The van der Waals surface area contributed by atoms with Gasteiger partial charge in [-0.25, -0.2) is 0 Å². The van der Waals surface area contributed by atoms with E-state index in [4.69, 9.17) is 5.73 Å². The third-order valence-corrected chi connectivity index (χ3v) is 2.48. The van der Waals surface area contributed by atoms with Gasteiger partial charge in [-0.05, 0) is 12.8 Å². The Kier molecular flexibility index (Phi) is 4.58. The molecule has 15 heavy (non-hydrogen) atoms. The summed E-state index contributed by atoms with van der Waals surface area (Å²) in [6.45, 7) is 5.32. The summed E-state index contributed by atoms with van der Waals surface area (Å²) in [5.74, 6) is -1.07. The highest BCUT2D eigenvalue weighted by Gasteiger charge is 2.35. The van der Waals surface area contributed by atoms with Crippen LogP contribution >= 0.6 is 0 Å². The van der Waals surface area contributed by atoms with E-state index in [0.717, 1.165) is 0 Å². The molecular weight excluding hydrogens is 209 g/mol. The molecule has 0 fully saturated rings. The minimum Gasteiger partial charge on any atom is -0.349 e. The third-order valence-electron chi connectivity index (χ3n) is 2.48. The fourth-order valence-corrected chi connectivity index (χ4v) is 0.976. The molecule has 0 rings (SSSR count). The van der Waals surface area contributed by atoms with Crippen LogP contribution in [0, 0.1) is 5.92 Å². The van der Waals surface area contributed by atoms with Crippen LogP contribution < -0.4 is 11.1 Å². The van der Waals surface area contributed by atoms with E-state index in [9.17, 15) is 18.0 Å². The van der Waals surface area contributed by atoms with Gasteiger partial charge in [-0.2, -0.15) is 13.2 Å². The van der Waals surface area contributed by atoms with Crippen LogP contribution in [0.3, 0.4) is 0 Å². The highest BCUT2D eigenvalue weighted by atomic mass is 19.4. The Hall–Kier alpha value is -0.780. The Morgan fingerprint density at radius 1 is 1.40 bits per heavy atom. The molecule has 0 saturated heterocycles. The van der Waals surface area contributed by atoms with Crippen molar-refractivity contribution in [1.29, 1.82) is 0 Å². The van der Waals surface area contributed by atoms with Gasteiger partial charge in [-0.15, -0.1) is 0 Å². The molecule has 3 N–H and O–H groups in total. The topological polar surface area (TPSA) is 55.1 Å². The smallest absolute Gasteiger partial charge is 0.349 e. The number of nitrogens with one attached hydrogen (secondary N) is 1. The number of carbonyl (C=O) groups is 1. The highest BCUT2D eigenvalue weighted by Crippen LogP contribution is 2.21. The Morgan fingerprint density at radius 2 is 1.87 bits per heavy atom. The van der Waals surface area contributed by atoms with Crippen molar-refractivity contribution in [1.82, 2.24) is 5.32 Å². The molecule has 1 atom stereocenters. The Morgan fingerprint density at radius 3 is 2.13 bits per heavy atom. The fraction of sp³-hybridized carbons (Fsp3) is 0.889. The quantitative estimate of drug-likeness (QED) is 0.761. The average molecular weight is 226 g/mol. The first-order valence-electron chi connectivity index (χ1n) is 4.68. The molecule has 0 aromatic rings. The first kappa shape index (κ1) is 14.2. The molecule has 0 radical (unpaired) electrons. The monoisotopic (exact) mass is 226 g/mol. The van der Waals surface area contributed by atoms with Crippen LogP contribution in [0.2, 0.25) is 0 Å². The minimum absolute atomic E-state index is 0.0281. The second-order valence-corrected chi connectivity index (χ2v) is 4.12. The van der Waals surface area contributed by atoms with Gasteiger partial charge < -0.3 is 11.1 Å². The van der Waals surface area contributed by atoms with E-state index in [-0.39, 0.29) is 12.5 Å². The molecule has 0 aromatic heterocycles. The van der Waals surface area contributed by atoms with Gasteiger partial charge in [0.15, 0.2) is 0 Å². The molecule has 0 aliphatic heterocycles. The summed E-state index contributed by atoms with van der Waals surface area (Å²) in [7, 11) is 0. The predicted octanol–water partition coefficient (Wildman–Crippen LogP) is 1.43. The lowest BCUT2D eigenvalue weighted by atomic mass is 9.88. The van der Waals surface area contributed by atoms with Crippen LogP contribution in [-0.4, -0.2) is 24.2 Å². The second-order valence-electron chi connectivity index (χ2n) is 4.12. The van der Waals surface area contributed by atoms with Crippen LogP contribution in [0.1, 0.15) is 27.2 Å². The summed E-state index contributed by atoms with van der Waals surface area (Å²) >= 11 is 0. The second kappa shape index (κ2) is 4.83. The Bertz CT molecular complexity index is 228. The van der Waals surface area contributed by atoms with Crippen LogP contribution in [0.5, 0.6) is 0 Å². The molecular formula is C9H17F3N2O. The molecule has 90 valence electrons. The lowest BCUT2D eigenvalue weighted by molar-refractivity contribution is -0.155. The zero-order valence-electron chi connectivity index (χ0n) is 9.11. The van der Waals surface area contributed by atoms with Gasteiger partial charge in [-0.3, -0.25) is 4.79 Å². The molecule has 0 spiro atoms. The molecule has 0 heterocycles. The van der Waals surface area contributed by atoms with Crippen molar-refractivity contribution in [2.75, 3.05) is 6.54 Å². The molecule has 1 unspecified atom stereocenters. The van der Waals surface area contributed by atoms with E-state index < -0.39 is 24.0 Å². The number of halogens is 3. The van der Waals surface area contributed by atoms with E-state index in [1.54, 1.807) is 20.8 Å². The number of rotatable bonds is 4. The van der Waals surface area contributed by atoms with Crippen molar-refractivity contribution >= 4 is 5.91 Å². The number of hydrogen-bond donors (Lipinski definition) is 2. The van der Waals surface area contributed by atoms with E-state index in [2.05, 4.69) is 5.32 Å². The summed E-state index contributed by atoms with van der Waals surface area (Å²) in [5, 5.41) is 2.32. The zero-order valence-corrected chi connectivity index (χ0v) is 9.11. The first-order valence-corrected chi connectivity index (χ1v) is 4.68. The molecule has 3 nitrogen and oxygen atoms in total. The number of hydrogen-bond acceptors (Lipinski definition) is 2. The largest absolute Gasteiger partial charge is 0.397 e. The van der Waals surface area contributed by atoms with Gasteiger partial charge in [0, 0.05) is 6.54 Å². The van der Waals surface area contributed by atoms with Gasteiger partial charge in [0.05, 0.1) is 5.54 Å². The maximum Gasteiger partial charge on any atom is 0.397 e.